The van der Waals surface area contributed by atoms with Gasteiger partial charge in [0.1, 0.15) is 11.6 Å². The molecule has 0 heterocycles. The summed E-state index contributed by atoms with van der Waals surface area (Å²) in [6.07, 6.45) is -0.985. The summed E-state index contributed by atoms with van der Waals surface area (Å²) in [5, 5.41) is 20.1. The summed E-state index contributed by atoms with van der Waals surface area (Å²) in [5.41, 5.74) is 0.0592. The largest absolute Gasteiger partial charge is 0.394 e. The molecule has 0 aliphatic rings. The van der Waals surface area contributed by atoms with Gasteiger partial charge in [-0.3, -0.25) is 0 Å². The van der Waals surface area contributed by atoms with Crippen LogP contribution in [0.2, 0.25) is 0 Å². The second kappa shape index (κ2) is 5.39. The zero-order chi connectivity index (χ0) is 11.4. The Hall–Kier alpha value is -0.720. The first-order valence-electron chi connectivity index (χ1n) is 4.22. The summed E-state index contributed by atoms with van der Waals surface area (Å²) in [6.45, 7) is -0.439. The minimum Gasteiger partial charge on any atom is -0.394 e. The first-order valence-corrected chi connectivity index (χ1v) is 5.01. The molecule has 0 spiro atoms. The lowest BCUT2D eigenvalue weighted by Crippen LogP contribution is -2.23. The lowest BCUT2D eigenvalue weighted by molar-refractivity contribution is 0.105. The van der Waals surface area contributed by atoms with E-state index in [1.807, 2.05) is 0 Å². The molecule has 0 aliphatic heterocycles. The maximum atomic E-state index is 13.2. The maximum Gasteiger partial charge on any atom is 0.150 e. The van der Waals surface area contributed by atoms with Gasteiger partial charge in [-0.05, 0) is 22.0 Å². The summed E-state index contributed by atoms with van der Waals surface area (Å²) in [4.78, 5) is 0. The molecule has 0 fully saturated rings. The molecule has 6 heteroatoms. The van der Waals surface area contributed by atoms with Gasteiger partial charge in [-0.25, -0.2) is 8.78 Å². The van der Waals surface area contributed by atoms with Crippen LogP contribution in [0.1, 0.15) is 0 Å². The molecular formula is C9H10BrF2NO2. The van der Waals surface area contributed by atoms with Crippen LogP contribution in [0.25, 0.3) is 0 Å². The first kappa shape index (κ1) is 12.4. The Morgan fingerprint density at radius 1 is 1.40 bits per heavy atom. The van der Waals surface area contributed by atoms with E-state index in [4.69, 9.17) is 10.2 Å². The van der Waals surface area contributed by atoms with Crippen molar-refractivity contribution >= 4 is 21.6 Å². The highest BCUT2D eigenvalue weighted by atomic mass is 79.9. The Labute approximate surface area is 93.9 Å². The molecule has 1 rings (SSSR count). The van der Waals surface area contributed by atoms with Crippen LogP contribution in [-0.2, 0) is 0 Å². The van der Waals surface area contributed by atoms with Crippen molar-refractivity contribution in [1.82, 2.24) is 0 Å². The van der Waals surface area contributed by atoms with Crippen molar-refractivity contribution in [3.8, 4) is 0 Å². The monoisotopic (exact) mass is 281 g/mol. The summed E-state index contributed by atoms with van der Waals surface area (Å²) < 4.78 is 26.1. The van der Waals surface area contributed by atoms with E-state index in [1.165, 1.54) is 0 Å². The molecule has 1 aromatic carbocycles. The Balaban J connectivity index is 2.77. The Bertz CT molecular complexity index is 326. The lowest BCUT2D eigenvalue weighted by Gasteiger charge is -2.12. The number of anilines is 1. The third-order valence-corrected chi connectivity index (χ3v) is 2.36. The van der Waals surface area contributed by atoms with E-state index < -0.39 is 24.3 Å². The predicted molar refractivity (Wildman–Crippen MR) is 55.6 cm³/mol. The fourth-order valence-electron chi connectivity index (χ4n) is 0.996. The van der Waals surface area contributed by atoms with Crippen LogP contribution >= 0.6 is 15.9 Å². The molecule has 0 aromatic heterocycles. The van der Waals surface area contributed by atoms with E-state index in [-0.39, 0.29) is 16.7 Å². The zero-order valence-electron chi connectivity index (χ0n) is 7.67. The van der Waals surface area contributed by atoms with Gasteiger partial charge in [-0.1, -0.05) is 0 Å². The van der Waals surface area contributed by atoms with Crippen LogP contribution < -0.4 is 5.32 Å². The molecule has 0 amide bonds. The number of halogens is 3. The van der Waals surface area contributed by atoms with Gasteiger partial charge >= 0.3 is 0 Å². The van der Waals surface area contributed by atoms with E-state index >= 15 is 0 Å². The number of hydrogen-bond acceptors (Lipinski definition) is 3. The van der Waals surface area contributed by atoms with Gasteiger partial charge < -0.3 is 15.5 Å². The predicted octanol–water partition coefficient (Wildman–Crippen LogP) is 1.49. The smallest absolute Gasteiger partial charge is 0.150 e. The normalized spacial score (nSPS) is 12.6. The highest BCUT2D eigenvalue weighted by Gasteiger charge is 2.10. The minimum absolute atomic E-state index is 0.0162. The average Bonchev–Trinajstić information content (AvgIpc) is 2.15. The van der Waals surface area contributed by atoms with Crippen molar-refractivity contribution in [3.05, 3.63) is 28.2 Å². The van der Waals surface area contributed by atoms with Crippen molar-refractivity contribution in [2.45, 2.75) is 6.10 Å². The molecule has 3 nitrogen and oxygen atoms in total. The summed E-state index contributed by atoms with van der Waals surface area (Å²) in [6, 6.07) is 1.84. The SMILES string of the molecule is OC[C@@H](O)CNc1c(F)cc(F)cc1Br. The van der Waals surface area contributed by atoms with Gasteiger partial charge in [0.2, 0.25) is 0 Å². The number of aliphatic hydroxyl groups excluding tert-OH is 2. The summed E-state index contributed by atoms with van der Waals surface area (Å²) in [5.74, 6) is -1.44. The summed E-state index contributed by atoms with van der Waals surface area (Å²) >= 11 is 2.98. The van der Waals surface area contributed by atoms with Crippen molar-refractivity contribution in [3.63, 3.8) is 0 Å². The van der Waals surface area contributed by atoms with E-state index in [9.17, 15) is 8.78 Å². The van der Waals surface area contributed by atoms with Crippen molar-refractivity contribution in [2.24, 2.45) is 0 Å². The quantitative estimate of drug-likeness (QED) is 0.784. The molecule has 1 aromatic rings. The second-order valence-corrected chi connectivity index (χ2v) is 3.82. The van der Waals surface area contributed by atoms with Crippen molar-refractivity contribution < 1.29 is 19.0 Å². The Kier molecular flexibility index (Phi) is 4.44. The molecule has 3 N–H and O–H groups in total. The molecule has 0 saturated heterocycles. The van der Waals surface area contributed by atoms with E-state index in [0.29, 0.717) is 0 Å². The number of rotatable bonds is 4. The number of hydrogen-bond donors (Lipinski definition) is 3. The maximum absolute atomic E-state index is 13.2. The number of aliphatic hydroxyl groups is 2. The molecular weight excluding hydrogens is 272 g/mol. The zero-order valence-corrected chi connectivity index (χ0v) is 9.26. The Morgan fingerprint density at radius 2 is 2.07 bits per heavy atom. The van der Waals surface area contributed by atoms with Gasteiger partial charge in [0.15, 0.2) is 0 Å². The highest BCUT2D eigenvalue weighted by Crippen LogP contribution is 2.26. The molecule has 0 aliphatic carbocycles. The lowest BCUT2D eigenvalue weighted by atomic mass is 10.3. The number of benzene rings is 1. The van der Waals surface area contributed by atoms with Crippen LogP contribution in [-0.4, -0.2) is 29.5 Å². The Morgan fingerprint density at radius 3 is 2.60 bits per heavy atom. The van der Waals surface area contributed by atoms with Crippen LogP contribution in [0, 0.1) is 11.6 Å². The fourth-order valence-corrected chi connectivity index (χ4v) is 1.54. The standard InChI is InChI=1S/C9H10BrF2NO2/c10-7-1-5(11)2-8(12)9(7)13-3-6(15)4-14/h1-2,6,13-15H,3-4H2/t6-/m0/s1. The van der Waals surface area contributed by atoms with Gasteiger partial charge in [0.25, 0.3) is 0 Å². The third-order valence-electron chi connectivity index (χ3n) is 1.73. The van der Waals surface area contributed by atoms with Crippen molar-refractivity contribution in [2.75, 3.05) is 18.5 Å². The van der Waals surface area contributed by atoms with Gasteiger partial charge in [0, 0.05) is 17.1 Å². The van der Waals surface area contributed by atoms with E-state index in [2.05, 4.69) is 21.2 Å². The molecule has 15 heavy (non-hydrogen) atoms. The first-order chi connectivity index (χ1) is 7.04. The highest BCUT2D eigenvalue weighted by molar-refractivity contribution is 9.10. The molecule has 84 valence electrons. The average molecular weight is 282 g/mol. The number of nitrogens with one attached hydrogen (secondary N) is 1. The van der Waals surface area contributed by atoms with Gasteiger partial charge in [0.05, 0.1) is 18.4 Å². The van der Waals surface area contributed by atoms with Gasteiger partial charge in [-0.15, -0.1) is 0 Å². The second-order valence-electron chi connectivity index (χ2n) is 2.96. The van der Waals surface area contributed by atoms with Gasteiger partial charge in [-0.2, -0.15) is 0 Å². The molecule has 0 saturated carbocycles. The summed E-state index contributed by atoms with van der Waals surface area (Å²) in [7, 11) is 0. The molecule has 1 atom stereocenters. The van der Waals surface area contributed by atoms with E-state index in [0.717, 1.165) is 12.1 Å². The topological polar surface area (TPSA) is 52.5 Å². The third kappa shape index (κ3) is 3.40. The van der Waals surface area contributed by atoms with Crippen LogP contribution in [0.5, 0.6) is 0 Å². The minimum atomic E-state index is -0.985. The van der Waals surface area contributed by atoms with Crippen LogP contribution in [0.4, 0.5) is 14.5 Å². The molecule has 0 bridgehead atoms. The molecule has 0 unspecified atom stereocenters. The van der Waals surface area contributed by atoms with Crippen molar-refractivity contribution in [1.29, 1.82) is 0 Å². The fraction of sp³-hybridized carbons (Fsp3) is 0.333. The molecule has 0 radical (unpaired) electrons. The van der Waals surface area contributed by atoms with Crippen LogP contribution in [0.15, 0.2) is 16.6 Å². The van der Waals surface area contributed by atoms with E-state index in [1.54, 1.807) is 0 Å². The van der Waals surface area contributed by atoms with Crippen LogP contribution in [0.3, 0.4) is 0 Å².